The van der Waals surface area contributed by atoms with E-state index in [2.05, 4.69) is 77.2 Å². The Bertz CT molecular complexity index is 2830. The van der Waals surface area contributed by atoms with Gasteiger partial charge in [-0.15, -0.1) is 0 Å². The van der Waals surface area contributed by atoms with Crippen LogP contribution in [-0.4, -0.2) is 73.7 Å². The SMILES string of the molecule is CCNc1ccccc1CC[C@H]1c2ccc(N)nc2C#CCc2cc(O)c(O[C@H](CNC)CNC3CCCC3)cc2[C@H]2Oc3c(ccc4c3[C@@]3(CC[C@H]1C3)Cc1cc(O)cc(OC)c1-4)[C@@H]2COC(C)=O. The van der Waals surface area contributed by atoms with E-state index in [1.54, 1.807) is 19.2 Å². The van der Waals surface area contributed by atoms with E-state index >= 15 is 0 Å². The number of esters is 1. The molecule has 2 aliphatic heterocycles. The Morgan fingerprint density at radius 3 is 2.60 bits per heavy atom. The molecule has 3 heterocycles. The number of hydrogen-bond donors (Lipinski definition) is 6. The molecule has 2 saturated carbocycles. The van der Waals surface area contributed by atoms with Crippen molar-refractivity contribution in [2.75, 3.05) is 51.4 Å². The number of phenols is 2. The van der Waals surface area contributed by atoms with E-state index in [0.29, 0.717) is 48.6 Å². The highest BCUT2D eigenvalue weighted by Gasteiger charge is 2.52. The monoisotopic (exact) mass is 946 g/mol. The van der Waals surface area contributed by atoms with Crippen molar-refractivity contribution in [2.45, 2.75) is 120 Å². The Hall–Kier alpha value is -6.42. The molecule has 366 valence electrons. The third-order valence-electron chi connectivity index (χ3n) is 15.8. The summed E-state index contributed by atoms with van der Waals surface area (Å²) in [5, 5.41) is 33.6. The highest BCUT2D eigenvalue weighted by Crippen LogP contribution is 2.63. The number of ether oxygens (including phenoxy) is 4. The molecule has 6 atom stereocenters. The molecule has 12 nitrogen and oxygen atoms in total. The maximum absolute atomic E-state index is 12.7. The Morgan fingerprint density at radius 2 is 1.80 bits per heavy atom. The fourth-order valence-electron chi connectivity index (χ4n) is 12.7. The molecule has 12 heteroatoms. The molecule has 5 aromatic rings. The maximum Gasteiger partial charge on any atom is 0.302 e. The number of aromatic hydroxyl groups is 2. The summed E-state index contributed by atoms with van der Waals surface area (Å²) < 4.78 is 26.2. The average Bonchev–Trinajstić information content (AvgIpc) is 4.11. The molecular weight excluding hydrogens is 879 g/mol. The predicted octanol–water partition coefficient (Wildman–Crippen LogP) is 9.38. The van der Waals surface area contributed by atoms with Crippen LogP contribution in [0.5, 0.6) is 28.7 Å². The van der Waals surface area contributed by atoms with E-state index in [0.717, 1.165) is 107 Å². The molecule has 0 radical (unpaired) electrons. The van der Waals surface area contributed by atoms with Crippen molar-refractivity contribution in [3.05, 3.63) is 117 Å². The van der Waals surface area contributed by atoms with Crippen molar-refractivity contribution in [1.82, 2.24) is 15.6 Å². The molecule has 1 aromatic heterocycles. The van der Waals surface area contributed by atoms with E-state index in [-0.39, 0.29) is 48.4 Å². The lowest BCUT2D eigenvalue weighted by Crippen LogP contribution is -2.41. The minimum absolute atomic E-state index is 0.00811. The third-order valence-corrected chi connectivity index (χ3v) is 15.8. The van der Waals surface area contributed by atoms with E-state index in [9.17, 15) is 15.0 Å². The van der Waals surface area contributed by atoms with Gasteiger partial charge in [-0.25, -0.2) is 4.98 Å². The predicted molar refractivity (Wildman–Crippen MR) is 273 cm³/mol. The lowest BCUT2D eigenvalue weighted by atomic mass is 9.64. The number of fused-ring (bicyclic) bond motifs is 7. The first kappa shape index (κ1) is 47.3. The van der Waals surface area contributed by atoms with Crippen LogP contribution >= 0.6 is 0 Å². The van der Waals surface area contributed by atoms with Crippen molar-refractivity contribution in [3.63, 3.8) is 0 Å². The highest BCUT2D eigenvalue weighted by molar-refractivity contribution is 5.84. The zero-order chi connectivity index (χ0) is 48.5. The number of aromatic nitrogens is 1. The topological polar surface area (TPSA) is 169 Å². The van der Waals surface area contributed by atoms with Gasteiger partial charge in [-0.3, -0.25) is 4.79 Å². The molecule has 0 amide bonds. The molecule has 0 saturated heterocycles. The zero-order valence-corrected chi connectivity index (χ0v) is 41.0. The highest BCUT2D eigenvalue weighted by atomic mass is 16.5. The van der Waals surface area contributed by atoms with Gasteiger partial charge in [0.25, 0.3) is 0 Å². The lowest BCUT2D eigenvalue weighted by molar-refractivity contribution is -0.141. The van der Waals surface area contributed by atoms with Gasteiger partial charge in [-0.1, -0.05) is 55.2 Å². The van der Waals surface area contributed by atoms with Gasteiger partial charge in [-0.2, -0.15) is 0 Å². The second-order valence-corrected chi connectivity index (χ2v) is 20.2. The maximum atomic E-state index is 12.7. The Balaban J connectivity index is 1.16. The molecular formula is C58H67N5O7. The second-order valence-electron chi connectivity index (χ2n) is 20.2. The number of aryl methyl sites for hydroxylation is 1. The minimum Gasteiger partial charge on any atom is -0.508 e. The van der Waals surface area contributed by atoms with E-state index in [4.69, 9.17) is 29.7 Å². The number of nitrogen functional groups attached to an aromatic ring is 1. The summed E-state index contributed by atoms with van der Waals surface area (Å²) in [6.45, 7) is 5.65. The van der Waals surface area contributed by atoms with Crippen LogP contribution in [0.2, 0.25) is 0 Å². The van der Waals surface area contributed by atoms with Gasteiger partial charge in [0.05, 0.1) is 13.0 Å². The van der Waals surface area contributed by atoms with Gasteiger partial charge in [0.15, 0.2) is 11.5 Å². The number of carbonyl (C=O) groups excluding carboxylic acids is 1. The van der Waals surface area contributed by atoms with Gasteiger partial charge in [0.1, 0.15) is 47.6 Å². The summed E-state index contributed by atoms with van der Waals surface area (Å²) >= 11 is 0. The molecule has 70 heavy (non-hydrogen) atoms. The summed E-state index contributed by atoms with van der Waals surface area (Å²) in [6, 6.07) is 24.7. The minimum atomic E-state index is -0.631. The lowest BCUT2D eigenvalue weighted by Gasteiger charge is -2.39. The second kappa shape index (κ2) is 20.1. The fourth-order valence-corrected chi connectivity index (χ4v) is 12.7. The number of hydrogen-bond acceptors (Lipinski definition) is 12. The number of anilines is 2. The van der Waals surface area contributed by atoms with Gasteiger partial charge in [-0.05, 0) is 141 Å². The number of likely N-dealkylation sites (N-methyl/N-ethyl adjacent to an activating group) is 1. The van der Waals surface area contributed by atoms with Crippen molar-refractivity contribution in [3.8, 4) is 51.7 Å². The zero-order valence-electron chi connectivity index (χ0n) is 41.0. The van der Waals surface area contributed by atoms with E-state index in [1.165, 1.54) is 25.3 Å². The first-order chi connectivity index (χ1) is 34.1. The molecule has 2 fully saturated rings. The van der Waals surface area contributed by atoms with Crippen LogP contribution in [0.3, 0.4) is 0 Å². The first-order valence-corrected chi connectivity index (χ1v) is 25.4. The van der Waals surface area contributed by atoms with Crippen molar-refractivity contribution in [1.29, 1.82) is 0 Å². The summed E-state index contributed by atoms with van der Waals surface area (Å²) in [4.78, 5) is 17.7. The number of nitrogens with one attached hydrogen (secondary N) is 3. The number of rotatable bonds is 15. The number of methoxy groups -OCH3 is 1. The normalized spacial score (nSPS) is 22.2. The molecule has 1 spiro atoms. The summed E-state index contributed by atoms with van der Waals surface area (Å²) in [5.74, 6) is 8.83. The van der Waals surface area contributed by atoms with Crippen molar-refractivity contribution in [2.24, 2.45) is 5.92 Å². The van der Waals surface area contributed by atoms with Crippen LogP contribution in [-0.2, 0) is 34.2 Å². The van der Waals surface area contributed by atoms with Crippen LogP contribution in [0.25, 0.3) is 11.1 Å². The molecule has 10 rings (SSSR count). The molecule has 3 aliphatic carbocycles. The van der Waals surface area contributed by atoms with E-state index < -0.39 is 17.4 Å². The Morgan fingerprint density at radius 1 is 0.971 bits per heavy atom. The van der Waals surface area contributed by atoms with Crippen LogP contribution in [0, 0.1) is 17.8 Å². The standard InChI is InChI=1S/C58H67N5O7/c1-5-61-48-15-9-6-11-35(48)17-18-42-37-23-24-58(29-37)30-38-25-40(65)27-52(67-4)54(38)45-20-19-44-47(33-68-34(2)64)56(70-57(44)55(45)58)46-28-51(69-41(31-60-3)32-62-39-13-7-8-14-39)50(66)26-36(46)12-10-16-49-43(42)21-22-53(59)63-49/h6,9,11,15,19-22,25-28,37,39,41-42,47,56,60-62,65-66H,5,7-8,12-14,17-18,23-24,29-33H2,1-4H3,(H2,59,63)/t37-,41+,42+,47-,56+,58+/m0/s1. The molecule has 0 unspecified atom stereocenters. The van der Waals surface area contributed by atoms with E-state index in [1.807, 2.05) is 25.2 Å². The number of para-hydroxylation sites is 1. The van der Waals surface area contributed by atoms with Gasteiger partial charge in [0.2, 0.25) is 0 Å². The largest absolute Gasteiger partial charge is 0.508 e. The summed E-state index contributed by atoms with van der Waals surface area (Å²) in [6.07, 6.45) is 9.13. The number of pyridine rings is 1. The average molecular weight is 946 g/mol. The van der Waals surface area contributed by atoms with Crippen molar-refractivity contribution < 1.29 is 34.0 Å². The number of phenolic OH excluding ortho intramolecular Hbond substituents is 2. The Labute approximate surface area is 412 Å². The smallest absolute Gasteiger partial charge is 0.302 e. The number of carbonyl (C=O) groups is 1. The quantitative estimate of drug-likeness (QED) is 0.0435. The number of nitrogens with two attached hydrogens (primary N) is 1. The van der Waals surface area contributed by atoms with Crippen LogP contribution < -0.4 is 35.9 Å². The van der Waals surface area contributed by atoms with Crippen LogP contribution in [0.1, 0.15) is 128 Å². The molecule has 7 N–H and O–H groups in total. The number of benzene rings is 4. The molecule has 4 bridgehead atoms. The third kappa shape index (κ3) is 9.22. The van der Waals surface area contributed by atoms with Crippen LogP contribution in [0.4, 0.5) is 11.5 Å². The molecule has 5 aliphatic rings. The van der Waals surface area contributed by atoms with Crippen molar-refractivity contribution >= 4 is 17.5 Å². The summed E-state index contributed by atoms with van der Waals surface area (Å²) in [7, 11) is 3.56. The van der Waals surface area contributed by atoms with Crippen LogP contribution in [0.15, 0.2) is 72.8 Å². The summed E-state index contributed by atoms with van der Waals surface area (Å²) in [5.41, 5.74) is 16.9. The van der Waals surface area contributed by atoms with Gasteiger partial charge in [0, 0.05) is 78.4 Å². The van der Waals surface area contributed by atoms with Gasteiger partial charge >= 0.3 is 5.97 Å². The van der Waals surface area contributed by atoms with Gasteiger partial charge < -0.3 is 50.8 Å². The Kier molecular flexibility index (Phi) is 13.6. The fraction of sp³-hybridized carbons (Fsp3) is 0.448. The number of nitrogens with zero attached hydrogens (tertiary/aromatic N) is 1. The molecule has 4 aromatic carbocycles. The first-order valence-electron chi connectivity index (χ1n) is 25.4.